The summed E-state index contributed by atoms with van der Waals surface area (Å²) in [4.78, 5) is 39.0. The van der Waals surface area contributed by atoms with E-state index in [4.69, 9.17) is 4.74 Å². The highest BCUT2D eigenvalue weighted by molar-refractivity contribution is 5.97. The lowest BCUT2D eigenvalue weighted by atomic mass is 9.95. The number of nitro groups is 1. The first kappa shape index (κ1) is 19.1. The van der Waals surface area contributed by atoms with E-state index in [0.717, 1.165) is 5.56 Å². The number of nitrogens with zero attached hydrogens (tertiary/aromatic N) is 3. The first-order valence-electron chi connectivity index (χ1n) is 9.22. The Labute approximate surface area is 158 Å². The van der Waals surface area contributed by atoms with Crippen molar-refractivity contribution in [2.24, 2.45) is 5.92 Å². The third-order valence-electron chi connectivity index (χ3n) is 4.94. The summed E-state index contributed by atoms with van der Waals surface area (Å²) in [6, 6.07) is 4.69. The lowest BCUT2D eigenvalue weighted by Crippen LogP contribution is -2.45. The molecule has 3 rings (SSSR count). The fourth-order valence-electron chi connectivity index (χ4n) is 3.57. The van der Waals surface area contributed by atoms with Gasteiger partial charge in [-0.15, -0.1) is 0 Å². The Kier molecular flexibility index (Phi) is 5.08. The Morgan fingerprint density at radius 2 is 1.85 bits per heavy atom. The van der Waals surface area contributed by atoms with Crippen LogP contribution in [0.5, 0.6) is 0 Å². The second kappa shape index (κ2) is 7.17. The van der Waals surface area contributed by atoms with Gasteiger partial charge in [-0.2, -0.15) is 0 Å². The molecule has 1 fully saturated rings. The average Bonchev–Trinajstić information content (AvgIpc) is 3.02. The zero-order valence-electron chi connectivity index (χ0n) is 15.9. The van der Waals surface area contributed by atoms with Crippen LogP contribution in [0, 0.1) is 16.0 Å². The molecule has 2 heterocycles. The highest BCUT2D eigenvalue weighted by Crippen LogP contribution is 2.34. The molecule has 2 aliphatic rings. The van der Waals surface area contributed by atoms with Crippen LogP contribution in [0.25, 0.3) is 0 Å². The molecule has 1 saturated heterocycles. The van der Waals surface area contributed by atoms with Gasteiger partial charge in [-0.05, 0) is 45.6 Å². The van der Waals surface area contributed by atoms with Crippen LogP contribution in [0.4, 0.5) is 16.2 Å². The van der Waals surface area contributed by atoms with Gasteiger partial charge in [-0.25, -0.2) is 4.79 Å². The number of benzene rings is 1. The fourth-order valence-corrected chi connectivity index (χ4v) is 3.57. The molecular formula is C19H25N3O5. The van der Waals surface area contributed by atoms with Gasteiger partial charge < -0.3 is 14.5 Å². The highest BCUT2D eigenvalue weighted by Gasteiger charge is 2.35. The van der Waals surface area contributed by atoms with Crippen LogP contribution in [-0.2, 0) is 16.0 Å². The lowest BCUT2D eigenvalue weighted by molar-refractivity contribution is -0.384. The number of piperidine rings is 1. The van der Waals surface area contributed by atoms with Crippen molar-refractivity contribution in [3.63, 3.8) is 0 Å². The van der Waals surface area contributed by atoms with Gasteiger partial charge in [0.2, 0.25) is 5.91 Å². The second-order valence-electron chi connectivity index (χ2n) is 8.05. The predicted octanol–water partition coefficient (Wildman–Crippen LogP) is 3.13. The van der Waals surface area contributed by atoms with Crippen molar-refractivity contribution in [1.82, 2.24) is 4.90 Å². The van der Waals surface area contributed by atoms with Gasteiger partial charge >= 0.3 is 6.09 Å². The molecular weight excluding hydrogens is 350 g/mol. The predicted molar refractivity (Wildman–Crippen MR) is 99.7 cm³/mol. The van der Waals surface area contributed by atoms with Crippen LogP contribution in [0.3, 0.4) is 0 Å². The molecule has 146 valence electrons. The molecule has 0 spiro atoms. The van der Waals surface area contributed by atoms with E-state index in [1.807, 2.05) is 20.8 Å². The maximum atomic E-state index is 13.0. The zero-order valence-corrected chi connectivity index (χ0v) is 15.9. The molecule has 0 atom stereocenters. The number of nitro benzene ring substituents is 1. The number of hydrogen-bond acceptors (Lipinski definition) is 5. The summed E-state index contributed by atoms with van der Waals surface area (Å²) in [5.74, 6) is -0.202. The van der Waals surface area contributed by atoms with Crippen LogP contribution < -0.4 is 4.90 Å². The maximum Gasteiger partial charge on any atom is 0.410 e. The smallest absolute Gasteiger partial charge is 0.410 e. The van der Waals surface area contributed by atoms with E-state index in [1.165, 1.54) is 12.1 Å². The number of carbonyl (C=O) groups excluding carboxylic acids is 2. The molecule has 0 saturated carbocycles. The molecule has 8 heteroatoms. The van der Waals surface area contributed by atoms with Gasteiger partial charge in [0.1, 0.15) is 5.60 Å². The number of amides is 2. The zero-order chi connectivity index (χ0) is 19.8. The number of hydrogen-bond donors (Lipinski definition) is 0. The highest BCUT2D eigenvalue weighted by atomic mass is 16.6. The normalized spacial score (nSPS) is 17.6. The number of ether oxygens (including phenoxy) is 1. The van der Waals surface area contributed by atoms with Crippen molar-refractivity contribution in [3.05, 3.63) is 33.9 Å². The molecule has 0 bridgehead atoms. The third-order valence-corrected chi connectivity index (χ3v) is 4.94. The van der Waals surface area contributed by atoms with Crippen LogP contribution in [0.1, 0.15) is 39.2 Å². The Bertz CT molecular complexity index is 763. The minimum absolute atomic E-state index is 0.00630. The molecule has 0 radical (unpaired) electrons. The van der Waals surface area contributed by atoms with Crippen molar-refractivity contribution >= 4 is 23.4 Å². The number of anilines is 1. The van der Waals surface area contributed by atoms with Gasteiger partial charge in [0.05, 0.1) is 10.6 Å². The van der Waals surface area contributed by atoms with Gasteiger partial charge in [-0.1, -0.05) is 6.07 Å². The van der Waals surface area contributed by atoms with E-state index in [1.54, 1.807) is 15.9 Å². The Hall–Kier alpha value is -2.64. The largest absolute Gasteiger partial charge is 0.444 e. The van der Waals surface area contributed by atoms with Gasteiger partial charge in [0.15, 0.2) is 0 Å². The number of rotatable bonds is 2. The van der Waals surface area contributed by atoms with Gasteiger partial charge in [-0.3, -0.25) is 14.9 Å². The van der Waals surface area contributed by atoms with E-state index in [9.17, 15) is 19.7 Å². The fraction of sp³-hybridized carbons (Fsp3) is 0.579. The summed E-state index contributed by atoms with van der Waals surface area (Å²) in [5, 5.41) is 11.0. The number of likely N-dealkylation sites (tertiary alicyclic amines) is 1. The SMILES string of the molecule is CC(C)(C)OC(=O)N1CCC(C(=O)N2CCc3ccc([N+](=O)[O-])cc32)CC1. The molecule has 0 aromatic heterocycles. The Morgan fingerprint density at radius 3 is 2.44 bits per heavy atom. The maximum absolute atomic E-state index is 13.0. The van der Waals surface area contributed by atoms with Crippen molar-refractivity contribution in [3.8, 4) is 0 Å². The van der Waals surface area contributed by atoms with E-state index in [0.29, 0.717) is 44.6 Å². The molecule has 0 N–H and O–H groups in total. The van der Waals surface area contributed by atoms with Gasteiger partial charge in [0, 0.05) is 37.7 Å². The molecule has 1 aromatic carbocycles. The summed E-state index contributed by atoms with van der Waals surface area (Å²) in [7, 11) is 0. The first-order valence-corrected chi connectivity index (χ1v) is 9.22. The Balaban J connectivity index is 1.64. The van der Waals surface area contributed by atoms with Crippen LogP contribution >= 0.6 is 0 Å². The summed E-state index contributed by atoms with van der Waals surface area (Å²) < 4.78 is 5.38. The summed E-state index contributed by atoms with van der Waals surface area (Å²) in [6.45, 7) is 6.96. The molecule has 0 unspecified atom stereocenters. The number of fused-ring (bicyclic) bond motifs is 1. The molecule has 2 aliphatic heterocycles. The minimum atomic E-state index is -0.544. The summed E-state index contributed by atoms with van der Waals surface area (Å²) >= 11 is 0. The van der Waals surface area contributed by atoms with Crippen LogP contribution in [-0.4, -0.2) is 47.1 Å². The monoisotopic (exact) mass is 375 g/mol. The van der Waals surface area contributed by atoms with Crippen molar-refractivity contribution < 1.29 is 19.2 Å². The second-order valence-corrected chi connectivity index (χ2v) is 8.05. The average molecular weight is 375 g/mol. The Morgan fingerprint density at radius 1 is 1.19 bits per heavy atom. The van der Waals surface area contributed by atoms with Crippen molar-refractivity contribution in [2.75, 3.05) is 24.5 Å². The number of carbonyl (C=O) groups is 2. The van der Waals surface area contributed by atoms with E-state index < -0.39 is 10.5 Å². The molecule has 1 aromatic rings. The van der Waals surface area contributed by atoms with Crippen LogP contribution in [0.15, 0.2) is 18.2 Å². The molecule has 2 amide bonds. The van der Waals surface area contributed by atoms with Crippen molar-refractivity contribution in [2.45, 2.75) is 45.6 Å². The minimum Gasteiger partial charge on any atom is -0.444 e. The molecule has 0 aliphatic carbocycles. The van der Waals surface area contributed by atoms with E-state index >= 15 is 0 Å². The summed E-state index contributed by atoms with van der Waals surface area (Å²) in [5.41, 5.74) is 1.05. The molecule has 8 nitrogen and oxygen atoms in total. The third kappa shape index (κ3) is 4.20. The first-order chi connectivity index (χ1) is 12.7. The standard InChI is InChI=1S/C19H25N3O5/c1-19(2,3)27-18(24)20-9-6-14(7-10-20)17(23)21-11-8-13-4-5-15(22(25)26)12-16(13)21/h4-5,12,14H,6-11H2,1-3H3. The van der Waals surface area contributed by atoms with Crippen molar-refractivity contribution in [1.29, 1.82) is 0 Å². The van der Waals surface area contributed by atoms with E-state index in [-0.39, 0.29) is 23.6 Å². The van der Waals surface area contributed by atoms with Crippen LogP contribution in [0.2, 0.25) is 0 Å². The number of non-ortho nitro benzene ring substituents is 1. The molecule has 27 heavy (non-hydrogen) atoms. The topological polar surface area (TPSA) is 93.0 Å². The van der Waals surface area contributed by atoms with E-state index in [2.05, 4.69) is 0 Å². The lowest BCUT2D eigenvalue weighted by Gasteiger charge is -2.34. The summed E-state index contributed by atoms with van der Waals surface area (Å²) in [6.07, 6.45) is 1.49. The van der Waals surface area contributed by atoms with Gasteiger partial charge in [0.25, 0.3) is 5.69 Å². The quantitative estimate of drug-likeness (QED) is 0.585.